The van der Waals surface area contributed by atoms with E-state index >= 15 is 0 Å². The zero-order valence-electron chi connectivity index (χ0n) is 10.5. The second kappa shape index (κ2) is 5.06. The third kappa shape index (κ3) is 2.88. The Kier molecular flexibility index (Phi) is 3.46. The molecule has 4 nitrogen and oxygen atoms in total. The van der Waals surface area contributed by atoms with Gasteiger partial charge in [0.2, 0.25) is 5.91 Å². The molecular formula is C14H12FNO3. The molecule has 0 aliphatic rings. The molecule has 98 valence electrons. The average Bonchev–Trinajstić information content (AvgIpc) is 2.73. The summed E-state index contributed by atoms with van der Waals surface area (Å²) >= 11 is 0. The van der Waals surface area contributed by atoms with Crippen molar-refractivity contribution in [3.8, 4) is 17.0 Å². The number of carbonyl (C=O) groups excluding carboxylic acids is 2. The number of nitrogens with zero attached hydrogens (tertiary/aromatic N) is 1. The zero-order valence-corrected chi connectivity index (χ0v) is 10.5. The van der Waals surface area contributed by atoms with Crippen molar-refractivity contribution in [2.45, 2.75) is 13.8 Å². The van der Waals surface area contributed by atoms with Crippen molar-refractivity contribution in [3.63, 3.8) is 0 Å². The van der Waals surface area contributed by atoms with Crippen LogP contribution in [0.4, 0.5) is 4.39 Å². The quantitative estimate of drug-likeness (QED) is 0.781. The molecule has 1 aromatic heterocycles. The molecule has 0 N–H and O–H groups in total. The lowest BCUT2D eigenvalue weighted by Gasteiger charge is -2.04. The van der Waals surface area contributed by atoms with Crippen LogP contribution in [0.25, 0.3) is 11.3 Å². The molecular weight excluding hydrogens is 249 g/mol. The molecule has 2 aromatic rings. The van der Waals surface area contributed by atoms with Crippen LogP contribution in [0.2, 0.25) is 0 Å². The highest BCUT2D eigenvalue weighted by atomic mass is 19.1. The summed E-state index contributed by atoms with van der Waals surface area (Å²) in [5.74, 6) is -0.768. The molecule has 0 atom stereocenters. The minimum Gasteiger partial charge on any atom is -0.425 e. The van der Waals surface area contributed by atoms with Gasteiger partial charge >= 0.3 is 5.97 Å². The van der Waals surface area contributed by atoms with Gasteiger partial charge < -0.3 is 4.74 Å². The number of carbonyl (C=O) groups is 2. The van der Waals surface area contributed by atoms with Gasteiger partial charge in [-0.3, -0.25) is 14.2 Å². The van der Waals surface area contributed by atoms with Crippen molar-refractivity contribution in [2.24, 2.45) is 0 Å². The molecule has 0 saturated heterocycles. The Hall–Kier alpha value is -2.43. The summed E-state index contributed by atoms with van der Waals surface area (Å²) in [4.78, 5) is 22.5. The molecule has 5 heteroatoms. The lowest BCUT2D eigenvalue weighted by Crippen LogP contribution is -2.05. The number of ether oxygens (including phenoxy) is 1. The van der Waals surface area contributed by atoms with Crippen molar-refractivity contribution in [1.82, 2.24) is 4.57 Å². The second-order valence-electron chi connectivity index (χ2n) is 4.05. The number of hydrogen-bond acceptors (Lipinski definition) is 3. The Morgan fingerprint density at radius 1 is 1.16 bits per heavy atom. The number of aromatic nitrogens is 1. The van der Waals surface area contributed by atoms with E-state index in [1.807, 2.05) is 0 Å². The summed E-state index contributed by atoms with van der Waals surface area (Å²) in [6.45, 7) is 2.67. The maximum Gasteiger partial charge on any atom is 0.308 e. The minimum atomic E-state index is -0.466. The number of halogens is 1. The average molecular weight is 261 g/mol. The Morgan fingerprint density at radius 2 is 1.79 bits per heavy atom. The summed E-state index contributed by atoms with van der Waals surface area (Å²) in [5, 5.41) is 0. The molecule has 0 radical (unpaired) electrons. The predicted octanol–water partition coefficient (Wildman–Crippen LogP) is 2.88. The third-order valence-electron chi connectivity index (χ3n) is 2.54. The van der Waals surface area contributed by atoms with Crippen LogP contribution in [-0.2, 0) is 4.79 Å². The van der Waals surface area contributed by atoms with E-state index in [9.17, 15) is 14.0 Å². The van der Waals surface area contributed by atoms with Crippen LogP contribution in [0.15, 0.2) is 36.5 Å². The van der Waals surface area contributed by atoms with Crippen molar-refractivity contribution in [3.05, 3.63) is 42.3 Å². The van der Waals surface area contributed by atoms with Crippen LogP contribution >= 0.6 is 0 Å². The highest BCUT2D eigenvalue weighted by Crippen LogP contribution is 2.26. The summed E-state index contributed by atoms with van der Waals surface area (Å²) in [7, 11) is 0. The van der Waals surface area contributed by atoms with E-state index < -0.39 is 5.97 Å². The third-order valence-corrected chi connectivity index (χ3v) is 2.54. The first-order valence-electron chi connectivity index (χ1n) is 5.65. The predicted molar refractivity (Wildman–Crippen MR) is 67.4 cm³/mol. The number of rotatable bonds is 2. The highest BCUT2D eigenvalue weighted by Gasteiger charge is 2.13. The SMILES string of the molecule is CC(=O)Oc1cc(-c2ccc(F)cc2)n(C(C)=O)c1. The summed E-state index contributed by atoms with van der Waals surface area (Å²) in [6, 6.07) is 7.29. The largest absolute Gasteiger partial charge is 0.425 e. The summed E-state index contributed by atoms with van der Waals surface area (Å²) in [6.07, 6.45) is 1.43. The van der Waals surface area contributed by atoms with Gasteiger partial charge in [0.25, 0.3) is 0 Å². The Bertz CT molecular complexity index is 629. The lowest BCUT2D eigenvalue weighted by atomic mass is 10.1. The first-order chi connectivity index (χ1) is 8.97. The molecule has 1 heterocycles. The smallest absolute Gasteiger partial charge is 0.308 e. The van der Waals surface area contributed by atoms with Crippen molar-refractivity contribution >= 4 is 11.9 Å². The van der Waals surface area contributed by atoms with E-state index in [0.29, 0.717) is 11.3 Å². The number of hydrogen-bond donors (Lipinski definition) is 0. The maximum atomic E-state index is 12.9. The van der Waals surface area contributed by atoms with Gasteiger partial charge in [0.05, 0.1) is 11.9 Å². The van der Waals surface area contributed by atoms with E-state index in [1.165, 1.54) is 36.7 Å². The molecule has 0 spiro atoms. The molecule has 0 aliphatic carbocycles. The molecule has 0 fully saturated rings. The molecule has 0 amide bonds. The molecule has 0 saturated carbocycles. The molecule has 1 aromatic carbocycles. The Balaban J connectivity index is 2.48. The van der Waals surface area contributed by atoms with Crippen LogP contribution in [0.3, 0.4) is 0 Å². The molecule has 0 aliphatic heterocycles. The standard InChI is InChI=1S/C14H12FNO3/c1-9(17)16-8-13(19-10(2)18)7-14(16)11-3-5-12(15)6-4-11/h3-8H,1-2H3. The number of esters is 1. The van der Waals surface area contributed by atoms with Crippen LogP contribution in [-0.4, -0.2) is 16.4 Å². The van der Waals surface area contributed by atoms with Crippen LogP contribution in [0.5, 0.6) is 5.75 Å². The van der Waals surface area contributed by atoms with Crippen LogP contribution < -0.4 is 4.74 Å². The van der Waals surface area contributed by atoms with Crippen molar-refractivity contribution < 1.29 is 18.7 Å². The number of benzene rings is 1. The van der Waals surface area contributed by atoms with Gasteiger partial charge in [-0.15, -0.1) is 0 Å². The second-order valence-corrected chi connectivity index (χ2v) is 4.05. The fourth-order valence-corrected chi connectivity index (χ4v) is 1.76. The van der Waals surface area contributed by atoms with E-state index in [2.05, 4.69) is 0 Å². The van der Waals surface area contributed by atoms with Gasteiger partial charge in [0, 0.05) is 19.9 Å². The van der Waals surface area contributed by atoms with E-state index in [0.717, 1.165) is 0 Å². The normalized spacial score (nSPS) is 10.3. The zero-order chi connectivity index (χ0) is 14.0. The monoisotopic (exact) mass is 261 g/mol. The van der Waals surface area contributed by atoms with Crippen molar-refractivity contribution in [1.29, 1.82) is 0 Å². The van der Waals surface area contributed by atoms with Crippen molar-refractivity contribution in [2.75, 3.05) is 0 Å². The van der Waals surface area contributed by atoms with Gasteiger partial charge in [-0.1, -0.05) is 0 Å². The van der Waals surface area contributed by atoms with Gasteiger partial charge in [0.1, 0.15) is 11.6 Å². The van der Waals surface area contributed by atoms with Gasteiger partial charge in [0.15, 0.2) is 0 Å². The first-order valence-corrected chi connectivity index (χ1v) is 5.65. The van der Waals surface area contributed by atoms with E-state index in [4.69, 9.17) is 4.74 Å². The molecule has 0 unspecified atom stereocenters. The van der Waals surface area contributed by atoms with Crippen LogP contribution in [0, 0.1) is 5.82 Å². The first kappa shape index (κ1) is 13.0. The Labute approximate surface area is 109 Å². The molecule has 0 bridgehead atoms. The topological polar surface area (TPSA) is 48.3 Å². The van der Waals surface area contributed by atoms with Gasteiger partial charge in [-0.05, 0) is 29.8 Å². The molecule has 19 heavy (non-hydrogen) atoms. The minimum absolute atomic E-state index is 0.224. The fraction of sp³-hybridized carbons (Fsp3) is 0.143. The van der Waals surface area contributed by atoms with Gasteiger partial charge in [-0.25, -0.2) is 4.39 Å². The lowest BCUT2D eigenvalue weighted by molar-refractivity contribution is -0.131. The highest BCUT2D eigenvalue weighted by molar-refractivity contribution is 5.84. The van der Waals surface area contributed by atoms with Gasteiger partial charge in [-0.2, -0.15) is 0 Å². The summed E-state index contributed by atoms with van der Waals surface area (Å²) in [5.41, 5.74) is 1.21. The maximum absolute atomic E-state index is 12.9. The molecule has 2 rings (SSSR count). The Morgan fingerprint density at radius 3 is 2.32 bits per heavy atom. The summed E-state index contributed by atoms with van der Waals surface area (Å²) < 4.78 is 19.2. The van der Waals surface area contributed by atoms with E-state index in [1.54, 1.807) is 18.2 Å². The van der Waals surface area contributed by atoms with Crippen LogP contribution in [0.1, 0.15) is 18.6 Å². The van der Waals surface area contributed by atoms with E-state index in [-0.39, 0.29) is 17.5 Å². The fourth-order valence-electron chi connectivity index (χ4n) is 1.76.